The van der Waals surface area contributed by atoms with Crippen molar-refractivity contribution in [2.75, 3.05) is 4.90 Å². The van der Waals surface area contributed by atoms with Crippen LogP contribution in [0.2, 0.25) is 0 Å². The number of nitriles is 2. The van der Waals surface area contributed by atoms with E-state index in [9.17, 15) is 10.5 Å². The molecule has 0 spiro atoms. The van der Waals surface area contributed by atoms with E-state index < -0.39 is 0 Å². The highest BCUT2D eigenvalue weighted by Crippen LogP contribution is 2.44. The molecule has 4 nitrogen and oxygen atoms in total. The van der Waals surface area contributed by atoms with Crippen LogP contribution in [0.1, 0.15) is 33.4 Å². The first-order valence-electron chi connectivity index (χ1n) is 16.8. The van der Waals surface area contributed by atoms with Crippen LogP contribution in [0.25, 0.3) is 38.6 Å². The van der Waals surface area contributed by atoms with Gasteiger partial charge in [0.2, 0.25) is 0 Å². The van der Waals surface area contributed by atoms with Crippen molar-refractivity contribution < 1.29 is 0 Å². The molecule has 0 atom stereocenters. The molecule has 1 aliphatic heterocycles. The van der Waals surface area contributed by atoms with Crippen molar-refractivity contribution in [3.8, 4) is 29.0 Å². The van der Waals surface area contributed by atoms with Crippen LogP contribution >= 0.6 is 0 Å². The minimum absolute atomic E-state index is 0.609. The van der Waals surface area contributed by atoms with Crippen molar-refractivity contribution in [3.63, 3.8) is 0 Å². The lowest BCUT2D eigenvalue weighted by Gasteiger charge is -2.33. The molecule has 0 unspecified atom stereocenters. The van der Waals surface area contributed by atoms with E-state index in [1.165, 1.54) is 33.3 Å². The van der Waals surface area contributed by atoms with Crippen LogP contribution < -0.4 is 4.90 Å². The third-order valence-corrected chi connectivity index (χ3v) is 9.90. The largest absolute Gasteiger partial charge is 0.310 e. The normalized spacial score (nSPS) is 11.9. The lowest BCUT2D eigenvalue weighted by atomic mass is 9.93. The van der Waals surface area contributed by atoms with Gasteiger partial charge in [0.25, 0.3) is 0 Å². The average molecular weight is 639 g/mol. The quantitative estimate of drug-likeness (QED) is 0.188. The standard InChI is InChI=1S/C46H30N4/c47-29-32-20-22-36(46(26-32)50-44-18-7-3-14-40(44)41-15-4-8-19-45(41)50)24-31-21-23-39(37(25-31)30-48)33-12-9-13-38(28-33)49-42-16-5-1-10-34(42)27-35-11-2-6-17-43(35)49/h1-23,25-26,28H,24,27H2. The maximum Gasteiger partial charge on any atom is 0.0998 e. The lowest BCUT2D eigenvalue weighted by Crippen LogP contribution is -2.18. The Labute approximate surface area is 290 Å². The minimum atomic E-state index is 0.609. The average Bonchev–Trinajstić information content (AvgIpc) is 3.51. The fourth-order valence-corrected chi connectivity index (χ4v) is 7.62. The summed E-state index contributed by atoms with van der Waals surface area (Å²) in [7, 11) is 0. The number of hydrogen-bond acceptors (Lipinski definition) is 3. The number of aromatic nitrogens is 1. The summed E-state index contributed by atoms with van der Waals surface area (Å²) in [6.45, 7) is 0. The molecule has 4 heteroatoms. The first-order valence-corrected chi connectivity index (χ1v) is 16.8. The van der Waals surface area contributed by atoms with Gasteiger partial charge in [0.1, 0.15) is 0 Å². The van der Waals surface area contributed by atoms with Gasteiger partial charge in [-0.15, -0.1) is 0 Å². The van der Waals surface area contributed by atoms with E-state index in [2.05, 4.69) is 161 Å². The Morgan fingerprint density at radius 1 is 0.540 bits per heavy atom. The Kier molecular flexibility index (Phi) is 7.01. The topological polar surface area (TPSA) is 55.8 Å². The zero-order chi connectivity index (χ0) is 33.6. The van der Waals surface area contributed by atoms with E-state index in [4.69, 9.17) is 0 Å². The zero-order valence-corrected chi connectivity index (χ0v) is 27.2. The van der Waals surface area contributed by atoms with Gasteiger partial charge in [-0.3, -0.25) is 0 Å². The third kappa shape index (κ3) is 4.83. The summed E-state index contributed by atoms with van der Waals surface area (Å²) in [5, 5.41) is 22.7. The number of para-hydroxylation sites is 4. The van der Waals surface area contributed by atoms with Crippen molar-refractivity contribution in [3.05, 3.63) is 191 Å². The highest BCUT2D eigenvalue weighted by atomic mass is 15.2. The van der Waals surface area contributed by atoms with Crippen LogP contribution in [0, 0.1) is 22.7 Å². The van der Waals surface area contributed by atoms with Gasteiger partial charge >= 0.3 is 0 Å². The fourth-order valence-electron chi connectivity index (χ4n) is 7.62. The Morgan fingerprint density at radius 2 is 1.20 bits per heavy atom. The number of benzene rings is 7. The molecular weight excluding hydrogens is 609 g/mol. The lowest BCUT2D eigenvalue weighted by molar-refractivity contribution is 1.09. The summed E-state index contributed by atoms with van der Waals surface area (Å²) in [5.74, 6) is 0. The molecule has 0 aliphatic carbocycles. The van der Waals surface area contributed by atoms with Crippen LogP contribution in [0.5, 0.6) is 0 Å². The molecule has 8 aromatic rings. The summed E-state index contributed by atoms with van der Waals surface area (Å²) in [6, 6.07) is 59.5. The van der Waals surface area contributed by atoms with E-state index in [1.807, 2.05) is 18.2 Å². The van der Waals surface area contributed by atoms with Gasteiger partial charge in [0.15, 0.2) is 0 Å². The number of hydrogen-bond donors (Lipinski definition) is 0. The van der Waals surface area contributed by atoms with Gasteiger partial charge in [-0.2, -0.15) is 10.5 Å². The molecule has 0 fully saturated rings. The molecule has 0 bridgehead atoms. The van der Waals surface area contributed by atoms with Crippen molar-refractivity contribution >= 4 is 38.9 Å². The van der Waals surface area contributed by atoms with Gasteiger partial charge in [0, 0.05) is 34.3 Å². The number of fused-ring (bicyclic) bond motifs is 5. The molecule has 0 radical (unpaired) electrons. The van der Waals surface area contributed by atoms with Crippen LogP contribution in [0.3, 0.4) is 0 Å². The minimum Gasteiger partial charge on any atom is -0.310 e. The van der Waals surface area contributed by atoms with E-state index in [1.54, 1.807) is 0 Å². The Morgan fingerprint density at radius 3 is 1.88 bits per heavy atom. The summed E-state index contributed by atoms with van der Waals surface area (Å²) in [5.41, 5.74) is 14.4. The van der Waals surface area contributed by atoms with Crippen molar-refractivity contribution in [2.45, 2.75) is 12.8 Å². The molecule has 234 valence electrons. The summed E-state index contributed by atoms with van der Waals surface area (Å²) in [6.07, 6.45) is 1.51. The second-order valence-electron chi connectivity index (χ2n) is 12.8. The van der Waals surface area contributed by atoms with E-state index in [0.717, 1.165) is 51.1 Å². The van der Waals surface area contributed by atoms with Gasteiger partial charge in [0.05, 0.1) is 40.0 Å². The number of anilines is 3. The van der Waals surface area contributed by atoms with E-state index in [0.29, 0.717) is 17.5 Å². The monoisotopic (exact) mass is 638 g/mol. The molecular formula is C46H30N4. The maximum absolute atomic E-state index is 10.5. The highest BCUT2D eigenvalue weighted by molar-refractivity contribution is 6.09. The van der Waals surface area contributed by atoms with Crippen LogP contribution in [0.15, 0.2) is 158 Å². The number of rotatable bonds is 5. The van der Waals surface area contributed by atoms with Gasteiger partial charge in [-0.05, 0) is 94.4 Å². The van der Waals surface area contributed by atoms with Crippen molar-refractivity contribution in [2.24, 2.45) is 0 Å². The van der Waals surface area contributed by atoms with Crippen LogP contribution in [-0.4, -0.2) is 4.57 Å². The Hall–Kier alpha value is -6.88. The fraction of sp³-hybridized carbons (Fsp3) is 0.0435. The Bertz CT molecular complexity index is 2600. The van der Waals surface area contributed by atoms with Crippen LogP contribution in [0.4, 0.5) is 17.1 Å². The third-order valence-electron chi connectivity index (χ3n) is 9.90. The predicted molar refractivity (Wildman–Crippen MR) is 202 cm³/mol. The highest BCUT2D eigenvalue weighted by Gasteiger charge is 2.24. The summed E-state index contributed by atoms with van der Waals surface area (Å²) < 4.78 is 2.27. The molecule has 1 aromatic heterocycles. The SMILES string of the molecule is N#Cc1ccc(Cc2ccc(-c3cccc(N4c5ccccc5Cc5ccccc54)c3)c(C#N)c2)c(-n2c3ccccc3c3ccccc32)c1. The first kappa shape index (κ1) is 29.3. The first-order chi connectivity index (χ1) is 24.7. The van der Waals surface area contributed by atoms with E-state index in [-0.39, 0.29) is 0 Å². The van der Waals surface area contributed by atoms with Crippen molar-refractivity contribution in [1.29, 1.82) is 10.5 Å². The second-order valence-corrected chi connectivity index (χ2v) is 12.8. The van der Waals surface area contributed by atoms with Gasteiger partial charge in [-0.25, -0.2) is 0 Å². The Balaban J connectivity index is 1.11. The predicted octanol–water partition coefficient (Wildman–Crippen LogP) is 11.2. The van der Waals surface area contributed by atoms with Crippen LogP contribution in [-0.2, 0) is 12.8 Å². The molecule has 0 saturated heterocycles. The molecule has 0 saturated carbocycles. The molecule has 2 heterocycles. The molecule has 0 N–H and O–H groups in total. The molecule has 50 heavy (non-hydrogen) atoms. The number of nitrogens with zero attached hydrogens (tertiary/aromatic N) is 4. The van der Waals surface area contributed by atoms with Crippen molar-refractivity contribution in [1.82, 2.24) is 4.57 Å². The smallest absolute Gasteiger partial charge is 0.0998 e. The zero-order valence-electron chi connectivity index (χ0n) is 27.2. The van der Waals surface area contributed by atoms with Gasteiger partial charge < -0.3 is 9.47 Å². The summed E-state index contributed by atoms with van der Waals surface area (Å²) in [4.78, 5) is 2.33. The maximum atomic E-state index is 10.5. The molecule has 1 aliphatic rings. The molecule has 0 amide bonds. The van der Waals surface area contributed by atoms with E-state index >= 15 is 0 Å². The second kappa shape index (κ2) is 12.0. The molecule has 7 aromatic carbocycles. The molecule has 9 rings (SSSR count). The van der Waals surface area contributed by atoms with Gasteiger partial charge in [-0.1, -0.05) is 103 Å². The summed E-state index contributed by atoms with van der Waals surface area (Å²) >= 11 is 0.